The Morgan fingerprint density at radius 1 is 1.00 bits per heavy atom. The minimum absolute atomic E-state index is 0.376. The van der Waals surface area contributed by atoms with Crippen LogP contribution >= 0.6 is 0 Å². The second-order valence-corrected chi connectivity index (χ2v) is 8.97. The molecule has 4 rings (SSSR count). The van der Waals surface area contributed by atoms with Crippen molar-refractivity contribution in [3.8, 4) is 11.4 Å². The second kappa shape index (κ2) is 8.29. The highest BCUT2D eigenvalue weighted by molar-refractivity contribution is 7.89. The molecule has 0 bridgehead atoms. The topological polar surface area (TPSA) is 64.0 Å². The van der Waals surface area contributed by atoms with Crippen molar-refractivity contribution in [3.63, 3.8) is 0 Å². The summed E-state index contributed by atoms with van der Waals surface area (Å²) >= 11 is 0. The molecule has 0 fully saturated rings. The zero-order valence-electron chi connectivity index (χ0n) is 15.8. The highest BCUT2D eigenvalue weighted by atomic mass is 32.2. The van der Waals surface area contributed by atoms with Crippen LogP contribution in [0.15, 0.2) is 65.8 Å². The number of aromatic nitrogens is 2. The number of nitrogens with one attached hydrogen (secondary N) is 1. The zero-order valence-corrected chi connectivity index (χ0v) is 16.7. The summed E-state index contributed by atoms with van der Waals surface area (Å²) in [5, 5.41) is 0. The Kier molecular flexibility index (Phi) is 5.59. The number of fused-ring (bicyclic) bond motifs is 1. The molecule has 0 amide bonds. The molecule has 0 atom stereocenters. The molecule has 1 heterocycles. The summed E-state index contributed by atoms with van der Waals surface area (Å²) < 4.78 is 30.1. The van der Waals surface area contributed by atoms with Crippen LogP contribution in [0.1, 0.15) is 30.4 Å². The molecule has 146 valence electrons. The number of imidazole rings is 1. The van der Waals surface area contributed by atoms with E-state index in [0.29, 0.717) is 24.4 Å². The van der Waals surface area contributed by atoms with Crippen molar-refractivity contribution in [2.24, 2.45) is 0 Å². The van der Waals surface area contributed by atoms with E-state index in [2.05, 4.69) is 14.3 Å². The SMILES string of the molecule is O=S(=O)(NCCCn1ccnc1-c1ccccc1)c1ccc2c(c1)CCCC2. The van der Waals surface area contributed by atoms with Gasteiger partial charge < -0.3 is 4.57 Å². The van der Waals surface area contributed by atoms with Gasteiger partial charge in [0.25, 0.3) is 0 Å². The first-order chi connectivity index (χ1) is 13.6. The van der Waals surface area contributed by atoms with Crippen LogP contribution in [-0.2, 0) is 29.4 Å². The lowest BCUT2D eigenvalue weighted by Crippen LogP contribution is -2.26. The fourth-order valence-corrected chi connectivity index (χ4v) is 4.88. The van der Waals surface area contributed by atoms with Crippen molar-refractivity contribution in [2.75, 3.05) is 6.54 Å². The molecular weight excluding hydrogens is 370 g/mol. The third-order valence-corrected chi connectivity index (χ3v) is 6.70. The summed E-state index contributed by atoms with van der Waals surface area (Å²) in [7, 11) is -3.47. The molecule has 28 heavy (non-hydrogen) atoms. The highest BCUT2D eigenvalue weighted by Gasteiger charge is 2.17. The lowest BCUT2D eigenvalue weighted by Gasteiger charge is -2.17. The molecule has 1 N–H and O–H groups in total. The van der Waals surface area contributed by atoms with E-state index in [4.69, 9.17) is 0 Å². The van der Waals surface area contributed by atoms with E-state index in [1.54, 1.807) is 12.3 Å². The highest BCUT2D eigenvalue weighted by Crippen LogP contribution is 2.24. The minimum Gasteiger partial charge on any atom is -0.331 e. The van der Waals surface area contributed by atoms with E-state index in [1.807, 2.05) is 48.7 Å². The molecule has 0 radical (unpaired) electrons. The van der Waals surface area contributed by atoms with Crippen LogP contribution in [0, 0.1) is 0 Å². The third kappa shape index (κ3) is 4.18. The predicted molar refractivity (Wildman–Crippen MR) is 111 cm³/mol. The number of rotatable bonds is 7. The lowest BCUT2D eigenvalue weighted by molar-refractivity contribution is 0.570. The Hall–Kier alpha value is -2.44. The van der Waals surface area contributed by atoms with Gasteiger partial charge in [0.05, 0.1) is 4.90 Å². The largest absolute Gasteiger partial charge is 0.331 e. The summed E-state index contributed by atoms with van der Waals surface area (Å²) in [6.45, 7) is 1.10. The first-order valence-electron chi connectivity index (χ1n) is 9.81. The van der Waals surface area contributed by atoms with Crippen molar-refractivity contribution in [2.45, 2.75) is 43.5 Å². The summed E-state index contributed by atoms with van der Waals surface area (Å²) in [5.41, 5.74) is 3.53. The summed E-state index contributed by atoms with van der Waals surface area (Å²) in [4.78, 5) is 4.80. The van der Waals surface area contributed by atoms with Crippen LogP contribution in [0.3, 0.4) is 0 Å². The maximum Gasteiger partial charge on any atom is 0.240 e. The van der Waals surface area contributed by atoms with Crippen molar-refractivity contribution in [1.82, 2.24) is 14.3 Å². The Morgan fingerprint density at radius 2 is 1.79 bits per heavy atom. The zero-order chi connectivity index (χ0) is 19.4. The minimum atomic E-state index is -3.47. The fourth-order valence-electron chi connectivity index (χ4n) is 3.75. The summed E-state index contributed by atoms with van der Waals surface area (Å²) in [6.07, 6.45) is 8.76. The fraction of sp³-hybridized carbons (Fsp3) is 0.318. The van der Waals surface area contributed by atoms with Gasteiger partial charge in [-0.2, -0.15) is 0 Å². The molecule has 0 unspecified atom stereocenters. The smallest absolute Gasteiger partial charge is 0.240 e. The molecule has 0 saturated heterocycles. The molecule has 6 heteroatoms. The lowest BCUT2D eigenvalue weighted by atomic mass is 9.92. The number of nitrogens with zero attached hydrogens (tertiary/aromatic N) is 2. The number of benzene rings is 2. The van der Waals surface area contributed by atoms with Gasteiger partial charge in [-0.1, -0.05) is 36.4 Å². The maximum absolute atomic E-state index is 12.6. The van der Waals surface area contributed by atoms with Gasteiger partial charge in [0.2, 0.25) is 10.0 Å². The molecule has 5 nitrogen and oxygen atoms in total. The van der Waals surface area contributed by atoms with Crippen LogP contribution in [-0.4, -0.2) is 24.5 Å². The predicted octanol–water partition coefficient (Wildman–Crippen LogP) is 3.80. The molecular formula is C22H25N3O2S. The standard InChI is InChI=1S/C22H25N3O2S/c26-28(27,21-12-11-18-7-4-5-10-20(18)17-21)24-13-6-15-25-16-14-23-22(25)19-8-2-1-3-9-19/h1-3,8-9,11-12,14,16-17,24H,4-7,10,13,15H2. The summed E-state index contributed by atoms with van der Waals surface area (Å²) in [5.74, 6) is 0.901. The Morgan fingerprint density at radius 3 is 2.61 bits per heavy atom. The Balaban J connectivity index is 1.36. The molecule has 0 spiro atoms. The van der Waals surface area contributed by atoms with Crippen LogP contribution in [0.4, 0.5) is 0 Å². The van der Waals surface area contributed by atoms with Gasteiger partial charge >= 0.3 is 0 Å². The average molecular weight is 396 g/mol. The van der Waals surface area contributed by atoms with Gasteiger partial charge in [-0.3, -0.25) is 0 Å². The third-order valence-electron chi connectivity index (χ3n) is 5.25. The van der Waals surface area contributed by atoms with Gasteiger partial charge in [-0.15, -0.1) is 0 Å². The van der Waals surface area contributed by atoms with Gasteiger partial charge in [0.1, 0.15) is 5.82 Å². The van der Waals surface area contributed by atoms with Crippen molar-refractivity contribution in [1.29, 1.82) is 0 Å². The van der Waals surface area contributed by atoms with E-state index in [1.165, 1.54) is 17.5 Å². The molecule has 1 aromatic heterocycles. The number of hydrogen-bond acceptors (Lipinski definition) is 3. The van der Waals surface area contributed by atoms with E-state index in [9.17, 15) is 8.42 Å². The first-order valence-corrected chi connectivity index (χ1v) is 11.3. The Labute approximate surface area is 166 Å². The average Bonchev–Trinajstić information content (AvgIpc) is 3.20. The van der Waals surface area contributed by atoms with Crippen molar-refractivity contribution in [3.05, 3.63) is 72.1 Å². The molecule has 1 aliphatic rings. The Bertz CT molecular complexity index is 1040. The van der Waals surface area contributed by atoms with Crippen LogP contribution < -0.4 is 4.72 Å². The molecule has 2 aromatic carbocycles. The van der Waals surface area contributed by atoms with Crippen molar-refractivity contribution >= 4 is 10.0 Å². The number of hydrogen-bond donors (Lipinski definition) is 1. The van der Waals surface area contributed by atoms with E-state index in [0.717, 1.165) is 30.7 Å². The van der Waals surface area contributed by atoms with E-state index >= 15 is 0 Å². The van der Waals surface area contributed by atoms with Crippen LogP contribution in [0.5, 0.6) is 0 Å². The quantitative estimate of drug-likeness (QED) is 0.619. The molecule has 0 aliphatic heterocycles. The molecule has 0 saturated carbocycles. The van der Waals surface area contributed by atoms with Gasteiger partial charge in [0.15, 0.2) is 0 Å². The van der Waals surface area contributed by atoms with Crippen LogP contribution in [0.25, 0.3) is 11.4 Å². The van der Waals surface area contributed by atoms with E-state index < -0.39 is 10.0 Å². The molecule has 3 aromatic rings. The summed E-state index contributed by atoms with van der Waals surface area (Å²) in [6, 6.07) is 15.6. The van der Waals surface area contributed by atoms with Gasteiger partial charge in [-0.25, -0.2) is 18.1 Å². The normalized spacial score (nSPS) is 14.0. The monoisotopic (exact) mass is 395 g/mol. The van der Waals surface area contributed by atoms with Gasteiger partial charge in [-0.05, 0) is 55.4 Å². The molecule has 1 aliphatic carbocycles. The van der Waals surface area contributed by atoms with E-state index in [-0.39, 0.29) is 0 Å². The number of sulfonamides is 1. The number of aryl methyl sites for hydroxylation is 3. The second-order valence-electron chi connectivity index (χ2n) is 7.20. The maximum atomic E-state index is 12.6. The van der Waals surface area contributed by atoms with Gasteiger partial charge in [0, 0.05) is 31.0 Å². The van der Waals surface area contributed by atoms with Crippen LogP contribution in [0.2, 0.25) is 0 Å². The van der Waals surface area contributed by atoms with Crippen molar-refractivity contribution < 1.29 is 8.42 Å². The first kappa shape index (κ1) is 18.9.